The summed E-state index contributed by atoms with van der Waals surface area (Å²) in [5, 5.41) is 2.85. The number of benzene rings is 2. The van der Waals surface area contributed by atoms with Gasteiger partial charge >= 0.3 is 0 Å². The van der Waals surface area contributed by atoms with Gasteiger partial charge in [-0.25, -0.2) is 8.42 Å². The first kappa shape index (κ1) is 22.1. The Morgan fingerprint density at radius 3 is 2.47 bits per heavy atom. The Morgan fingerprint density at radius 2 is 1.77 bits per heavy atom. The van der Waals surface area contributed by atoms with E-state index in [4.69, 9.17) is 9.47 Å². The number of rotatable bonds is 7. The maximum Gasteiger partial charge on any atom is 0.243 e. The molecule has 2 aromatic carbocycles. The minimum atomic E-state index is -3.52. The fourth-order valence-electron chi connectivity index (χ4n) is 3.38. The van der Waals surface area contributed by atoms with Crippen molar-refractivity contribution in [3.8, 4) is 11.5 Å². The Bertz CT molecular complexity index is 966. The smallest absolute Gasteiger partial charge is 0.243 e. The summed E-state index contributed by atoms with van der Waals surface area (Å²) in [5.74, 6) is 0.966. The third-order valence-corrected chi connectivity index (χ3v) is 6.89. The Kier molecular flexibility index (Phi) is 7.30. The Balaban J connectivity index is 1.59. The van der Waals surface area contributed by atoms with Crippen LogP contribution < -0.4 is 14.8 Å². The Morgan fingerprint density at radius 1 is 1.00 bits per heavy atom. The van der Waals surface area contributed by atoms with Crippen LogP contribution in [0, 0.1) is 0 Å². The van der Waals surface area contributed by atoms with Crippen molar-refractivity contribution < 1.29 is 22.7 Å². The highest BCUT2D eigenvalue weighted by Crippen LogP contribution is 2.29. The van der Waals surface area contributed by atoms with Gasteiger partial charge in [0.25, 0.3) is 0 Å². The summed E-state index contributed by atoms with van der Waals surface area (Å²) in [6, 6.07) is 13.6. The van der Waals surface area contributed by atoms with Crippen molar-refractivity contribution in [1.82, 2.24) is 9.21 Å². The van der Waals surface area contributed by atoms with Crippen LogP contribution in [0.5, 0.6) is 11.5 Å². The zero-order chi connectivity index (χ0) is 21.6. The second-order valence-corrected chi connectivity index (χ2v) is 8.90. The Hall–Kier alpha value is -2.62. The molecule has 1 aliphatic rings. The predicted molar refractivity (Wildman–Crippen MR) is 114 cm³/mol. The van der Waals surface area contributed by atoms with Gasteiger partial charge in [0.05, 0.1) is 31.3 Å². The van der Waals surface area contributed by atoms with E-state index in [0.717, 1.165) is 0 Å². The van der Waals surface area contributed by atoms with Crippen LogP contribution in [0.3, 0.4) is 0 Å². The van der Waals surface area contributed by atoms with Crippen molar-refractivity contribution >= 4 is 21.6 Å². The highest BCUT2D eigenvalue weighted by Gasteiger charge is 2.27. The fourth-order valence-corrected chi connectivity index (χ4v) is 4.87. The molecule has 1 fully saturated rings. The number of hydrogen-bond donors (Lipinski definition) is 1. The molecular weight excluding hydrogens is 406 g/mol. The van der Waals surface area contributed by atoms with Gasteiger partial charge in [-0.15, -0.1) is 0 Å². The van der Waals surface area contributed by atoms with Crippen LogP contribution in [-0.4, -0.2) is 70.5 Å². The quantitative estimate of drug-likeness (QED) is 0.719. The summed E-state index contributed by atoms with van der Waals surface area (Å²) < 4.78 is 37.6. The number of nitrogens with zero attached hydrogens (tertiary/aromatic N) is 2. The van der Waals surface area contributed by atoms with E-state index in [1.807, 2.05) is 4.90 Å². The lowest BCUT2D eigenvalue weighted by Gasteiger charge is -2.21. The zero-order valence-electron chi connectivity index (χ0n) is 17.2. The summed E-state index contributed by atoms with van der Waals surface area (Å²) in [6.07, 6.45) is 0.658. The SMILES string of the molecule is COc1ccc(NC(=O)CN2CCCN(S(=O)(=O)c3ccccc3)CC2)c(OC)c1. The first-order valence-corrected chi connectivity index (χ1v) is 11.2. The monoisotopic (exact) mass is 433 g/mol. The van der Waals surface area contributed by atoms with Crippen LogP contribution in [0.4, 0.5) is 5.69 Å². The van der Waals surface area contributed by atoms with Gasteiger partial charge in [0, 0.05) is 25.7 Å². The molecule has 0 saturated carbocycles. The molecule has 8 nitrogen and oxygen atoms in total. The number of carbonyl (C=O) groups is 1. The number of hydrogen-bond acceptors (Lipinski definition) is 6. The molecule has 0 bridgehead atoms. The van der Waals surface area contributed by atoms with Crippen LogP contribution in [0.2, 0.25) is 0 Å². The number of nitrogens with one attached hydrogen (secondary N) is 1. The highest BCUT2D eigenvalue weighted by atomic mass is 32.2. The summed E-state index contributed by atoms with van der Waals surface area (Å²) in [6.45, 7) is 2.08. The van der Waals surface area contributed by atoms with Crippen LogP contribution in [0.1, 0.15) is 6.42 Å². The molecule has 2 aromatic rings. The molecule has 1 N–H and O–H groups in total. The maximum atomic E-state index is 12.8. The van der Waals surface area contributed by atoms with Crippen LogP contribution in [0.15, 0.2) is 53.4 Å². The van der Waals surface area contributed by atoms with E-state index in [9.17, 15) is 13.2 Å². The lowest BCUT2D eigenvalue weighted by molar-refractivity contribution is -0.117. The normalized spacial score (nSPS) is 15.9. The van der Waals surface area contributed by atoms with Gasteiger partial charge < -0.3 is 14.8 Å². The lowest BCUT2D eigenvalue weighted by atomic mass is 10.2. The molecule has 1 amide bonds. The second kappa shape index (κ2) is 9.92. The number of carbonyl (C=O) groups excluding carboxylic acids is 1. The van der Waals surface area contributed by atoms with Gasteiger partial charge in [-0.05, 0) is 37.2 Å². The molecule has 0 radical (unpaired) electrons. The first-order chi connectivity index (χ1) is 14.4. The summed E-state index contributed by atoms with van der Waals surface area (Å²) in [7, 11) is -0.432. The number of sulfonamides is 1. The van der Waals surface area contributed by atoms with Gasteiger partial charge in [-0.1, -0.05) is 18.2 Å². The summed E-state index contributed by atoms with van der Waals surface area (Å²) in [5.41, 5.74) is 0.561. The van der Waals surface area contributed by atoms with E-state index in [-0.39, 0.29) is 12.5 Å². The highest BCUT2D eigenvalue weighted by molar-refractivity contribution is 7.89. The van der Waals surface area contributed by atoms with Gasteiger partial charge in [0.2, 0.25) is 15.9 Å². The van der Waals surface area contributed by atoms with Gasteiger partial charge in [0.15, 0.2) is 0 Å². The van der Waals surface area contributed by atoms with E-state index in [1.54, 1.807) is 55.6 Å². The van der Waals surface area contributed by atoms with E-state index in [0.29, 0.717) is 54.7 Å². The molecule has 0 unspecified atom stereocenters. The van der Waals surface area contributed by atoms with E-state index < -0.39 is 10.0 Å². The average molecular weight is 434 g/mol. The standard InChI is InChI=1S/C21H27N3O5S/c1-28-17-9-10-19(20(15-17)29-2)22-21(25)16-23-11-6-12-24(14-13-23)30(26,27)18-7-4-3-5-8-18/h3-5,7-10,15H,6,11-14,16H2,1-2H3,(H,22,25). The summed E-state index contributed by atoms with van der Waals surface area (Å²) >= 11 is 0. The van der Waals surface area contributed by atoms with Gasteiger partial charge in [0.1, 0.15) is 11.5 Å². The predicted octanol–water partition coefficient (Wildman–Crippen LogP) is 2.04. The molecule has 0 aromatic heterocycles. The second-order valence-electron chi connectivity index (χ2n) is 6.96. The topological polar surface area (TPSA) is 88.2 Å². The molecule has 0 spiro atoms. The molecule has 1 aliphatic heterocycles. The van der Waals surface area contributed by atoms with Crippen LogP contribution >= 0.6 is 0 Å². The number of amides is 1. The average Bonchev–Trinajstić information content (AvgIpc) is 3.00. The fraction of sp³-hybridized carbons (Fsp3) is 0.381. The van der Waals surface area contributed by atoms with Crippen molar-refractivity contribution in [2.75, 3.05) is 52.3 Å². The van der Waals surface area contributed by atoms with Gasteiger partial charge in [-0.3, -0.25) is 9.69 Å². The number of anilines is 1. The maximum absolute atomic E-state index is 12.8. The van der Waals surface area contributed by atoms with E-state index in [1.165, 1.54) is 11.4 Å². The zero-order valence-corrected chi connectivity index (χ0v) is 18.0. The molecule has 0 aliphatic carbocycles. The van der Waals surface area contributed by atoms with Crippen molar-refractivity contribution in [2.24, 2.45) is 0 Å². The van der Waals surface area contributed by atoms with Gasteiger partial charge in [-0.2, -0.15) is 4.31 Å². The Labute approximate surface area is 177 Å². The van der Waals surface area contributed by atoms with E-state index in [2.05, 4.69) is 5.32 Å². The molecule has 3 rings (SSSR count). The summed E-state index contributed by atoms with van der Waals surface area (Å²) in [4.78, 5) is 14.8. The van der Waals surface area contributed by atoms with Crippen molar-refractivity contribution in [3.63, 3.8) is 0 Å². The van der Waals surface area contributed by atoms with Crippen molar-refractivity contribution in [3.05, 3.63) is 48.5 Å². The molecule has 30 heavy (non-hydrogen) atoms. The first-order valence-electron chi connectivity index (χ1n) is 9.73. The third-order valence-electron chi connectivity index (χ3n) is 4.98. The molecule has 162 valence electrons. The molecule has 1 heterocycles. The van der Waals surface area contributed by atoms with Crippen molar-refractivity contribution in [2.45, 2.75) is 11.3 Å². The third kappa shape index (κ3) is 5.29. The number of methoxy groups -OCH3 is 2. The number of ether oxygens (including phenoxy) is 2. The minimum absolute atomic E-state index is 0.175. The molecular formula is C21H27N3O5S. The van der Waals surface area contributed by atoms with Crippen LogP contribution in [0.25, 0.3) is 0 Å². The van der Waals surface area contributed by atoms with Crippen LogP contribution in [-0.2, 0) is 14.8 Å². The van der Waals surface area contributed by atoms with Crippen molar-refractivity contribution in [1.29, 1.82) is 0 Å². The van der Waals surface area contributed by atoms with E-state index >= 15 is 0 Å². The molecule has 0 atom stereocenters. The molecule has 1 saturated heterocycles. The largest absolute Gasteiger partial charge is 0.497 e. The minimum Gasteiger partial charge on any atom is -0.497 e. The molecule has 9 heteroatoms. The lowest BCUT2D eigenvalue weighted by Crippen LogP contribution is -2.38.